The normalized spacial score (nSPS) is 23.0. The van der Waals surface area contributed by atoms with Crippen molar-refractivity contribution >= 4 is 23.2 Å². The number of thiazole rings is 1. The number of hydrogen-bond acceptors (Lipinski definition) is 5. The highest BCUT2D eigenvalue weighted by atomic mass is 32.1. The molecule has 3 heterocycles. The zero-order chi connectivity index (χ0) is 19.4. The van der Waals surface area contributed by atoms with Crippen molar-refractivity contribution in [1.29, 1.82) is 0 Å². The van der Waals surface area contributed by atoms with Gasteiger partial charge in [-0.2, -0.15) is 0 Å². The lowest BCUT2D eigenvalue weighted by Gasteiger charge is -2.33. The van der Waals surface area contributed by atoms with Crippen LogP contribution in [0.15, 0.2) is 0 Å². The fourth-order valence-electron chi connectivity index (χ4n) is 3.92. The van der Waals surface area contributed by atoms with Crippen LogP contribution in [0.5, 0.6) is 0 Å². The van der Waals surface area contributed by atoms with Gasteiger partial charge in [0.2, 0.25) is 5.91 Å². The molecule has 2 aliphatic rings. The third-order valence-electron chi connectivity index (χ3n) is 5.37. The molecular weight excluding hydrogens is 360 g/mol. The summed E-state index contributed by atoms with van der Waals surface area (Å²) in [7, 11) is 0. The molecule has 7 heteroatoms. The summed E-state index contributed by atoms with van der Waals surface area (Å²) < 4.78 is 0. The highest BCUT2D eigenvalue weighted by molar-refractivity contribution is 7.13. The molecule has 27 heavy (non-hydrogen) atoms. The van der Waals surface area contributed by atoms with Crippen LogP contribution in [0.3, 0.4) is 0 Å². The summed E-state index contributed by atoms with van der Waals surface area (Å²) in [5, 5.41) is 7.37. The molecule has 2 fully saturated rings. The summed E-state index contributed by atoms with van der Waals surface area (Å²) in [4.78, 5) is 32.5. The van der Waals surface area contributed by atoms with Gasteiger partial charge in [0.05, 0.1) is 16.7 Å². The first-order chi connectivity index (χ1) is 12.9. The Morgan fingerprint density at radius 3 is 2.85 bits per heavy atom. The third kappa shape index (κ3) is 5.29. The van der Waals surface area contributed by atoms with Gasteiger partial charge in [0, 0.05) is 26.1 Å². The number of likely N-dealkylation sites (tertiary alicyclic amines) is 1. The highest BCUT2D eigenvalue weighted by Crippen LogP contribution is 2.25. The van der Waals surface area contributed by atoms with Crippen molar-refractivity contribution in [2.75, 3.05) is 26.2 Å². The van der Waals surface area contributed by atoms with Crippen molar-refractivity contribution in [2.24, 2.45) is 11.8 Å². The molecule has 0 radical (unpaired) electrons. The lowest BCUT2D eigenvalue weighted by Crippen LogP contribution is -2.46. The molecule has 1 aromatic heterocycles. The molecule has 2 amide bonds. The Balaban J connectivity index is 1.54. The number of carbonyl (C=O) groups is 2. The molecule has 6 nitrogen and oxygen atoms in total. The van der Waals surface area contributed by atoms with Gasteiger partial charge in [0.25, 0.3) is 5.91 Å². The molecule has 0 aliphatic carbocycles. The van der Waals surface area contributed by atoms with Gasteiger partial charge in [-0.25, -0.2) is 4.98 Å². The quantitative estimate of drug-likeness (QED) is 0.779. The predicted octanol–water partition coefficient (Wildman–Crippen LogP) is 2.37. The minimum atomic E-state index is -0.0365. The second-order valence-corrected chi connectivity index (χ2v) is 9.36. The molecule has 2 N–H and O–H groups in total. The fraction of sp³-hybridized carbons (Fsp3) is 0.750. The van der Waals surface area contributed by atoms with E-state index in [1.807, 2.05) is 11.8 Å². The first-order valence-corrected chi connectivity index (χ1v) is 11.0. The monoisotopic (exact) mass is 392 g/mol. The Labute approximate surface area is 166 Å². The van der Waals surface area contributed by atoms with Crippen molar-refractivity contribution in [3.63, 3.8) is 0 Å². The predicted molar refractivity (Wildman–Crippen MR) is 108 cm³/mol. The van der Waals surface area contributed by atoms with Gasteiger partial charge in [-0.3, -0.25) is 9.59 Å². The molecule has 2 atom stereocenters. The summed E-state index contributed by atoms with van der Waals surface area (Å²) >= 11 is 1.55. The standard InChI is InChI=1S/C20H32N4O2S/c1-13(2)10-17-23-14(3)18(27-17)20(26)24-9-5-6-15(12-24)11-22-19(25)16-7-4-8-21-16/h13,15-16,21H,4-12H2,1-3H3,(H,22,25). The first kappa shape index (κ1) is 20.3. The number of aromatic nitrogens is 1. The van der Waals surface area contributed by atoms with Gasteiger partial charge in [-0.05, 0) is 51.0 Å². The van der Waals surface area contributed by atoms with Crippen LogP contribution in [-0.2, 0) is 11.2 Å². The number of nitrogens with one attached hydrogen (secondary N) is 2. The van der Waals surface area contributed by atoms with Gasteiger partial charge >= 0.3 is 0 Å². The molecule has 2 unspecified atom stereocenters. The first-order valence-electron chi connectivity index (χ1n) is 10.2. The van der Waals surface area contributed by atoms with Gasteiger partial charge < -0.3 is 15.5 Å². The van der Waals surface area contributed by atoms with Crippen LogP contribution in [0.2, 0.25) is 0 Å². The average Bonchev–Trinajstić information content (AvgIpc) is 3.29. The Morgan fingerprint density at radius 2 is 2.15 bits per heavy atom. The maximum absolute atomic E-state index is 13.0. The van der Waals surface area contributed by atoms with Gasteiger partial charge in [0.15, 0.2) is 0 Å². The number of nitrogens with zero attached hydrogens (tertiary/aromatic N) is 2. The lowest BCUT2D eigenvalue weighted by molar-refractivity contribution is -0.123. The van der Waals surface area contributed by atoms with E-state index in [2.05, 4.69) is 29.5 Å². The topological polar surface area (TPSA) is 74.3 Å². The number of aryl methyl sites for hydroxylation is 1. The summed E-state index contributed by atoms with van der Waals surface area (Å²) in [6.45, 7) is 9.37. The molecule has 0 bridgehead atoms. The lowest BCUT2D eigenvalue weighted by atomic mass is 9.97. The van der Waals surface area contributed by atoms with Crippen LogP contribution < -0.4 is 10.6 Å². The Kier molecular flexibility index (Phi) is 6.87. The van der Waals surface area contributed by atoms with E-state index >= 15 is 0 Å². The molecule has 2 saturated heterocycles. The van der Waals surface area contributed by atoms with Crippen LogP contribution in [0.1, 0.15) is 59.9 Å². The SMILES string of the molecule is Cc1nc(CC(C)C)sc1C(=O)N1CCCC(CNC(=O)C2CCCN2)C1. The minimum Gasteiger partial charge on any atom is -0.354 e. The zero-order valence-electron chi connectivity index (χ0n) is 16.7. The maximum Gasteiger partial charge on any atom is 0.265 e. The van der Waals surface area contributed by atoms with E-state index in [-0.39, 0.29) is 17.9 Å². The summed E-state index contributed by atoms with van der Waals surface area (Å²) in [5.74, 6) is 1.08. The number of rotatable bonds is 6. The van der Waals surface area contributed by atoms with Crippen LogP contribution in [0, 0.1) is 18.8 Å². The van der Waals surface area contributed by atoms with E-state index in [1.165, 1.54) is 0 Å². The molecule has 1 aromatic rings. The number of piperidine rings is 1. The Bertz CT molecular complexity index is 667. The average molecular weight is 393 g/mol. The molecule has 150 valence electrons. The van der Waals surface area contributed by atoms with Crippen LogP contribution in [0.25, 0.3) is 0 Å². The van der Waals surface area contributed by atoms with E-state index in [0.717, 1.165) is 60.8 Å². The summed E-state index contributed by atoms with van der Waals surface area (Å²) in [5.41, 5.74) is 0.850. The van der Waals surface area contributed by atoms with Crippen molar-refractivity contribution in [3.8, 4) is 0 Å². The number of carbonyl (C=O) groups excluding carboxylic acids is 2. The zero-order valence-corrected chi connectivity index (χ0v) is 17.5. The van der Waals surface area contributed by atoms with Crippen LogP contribution in [-0.4, -0.2) is 53.9 Å². The van der Waals surface area contributed by atoms with E-state index in [4.69, 9.17) is 0 Å². The second kappa shape index (κ2) is 9.15. The minimum absolute atomic E-state index is 0.0365. The van der Waals surface area contributed by atoms with Gasteiger partial charge in [0.1, 0.15) is 4.88 Å². The molecule has 3 rings (SSSR count). The van der Waals surface area contributed by atoms with Crippen molar-refractivity contribution < 1.29 is 9.59 Å². The van der Waals surface area contributed by atoms with Crippen molar-refractivity contribution in [2.45, 2.75) is 58.9 Å². The highest BCUT2D eigenvalue weighted by Gasteiger charge is 2.28. The van der Waals surface area contributed by atoms with E-state index in [0.29, 0.717) is 24.9 Å². The van der Waals surface area contributed by atoms with Crippen LogP contribution in [0.4, 0.5) is 0 Å². The molecule has 2 aliphatic heterocycles. The van der Waals surface area contributed by atoms with E-state index in [1.54, 1.807) is 11.3 Å². The second-order valence-electron chi connectivity index (χ2n) is 8.27. The molecule has 0 saturated carbocycles. The Morgan fingerprint density at radius 1 is 1.33 bits per heavy atom. The number of amides is 2. The number of hydrogen-bond donors (Lipinski definition) is 2. The van der Waals surface area contributed by atoms with Crippen LogP contribution >= 0.6 is 11.3 Å². The van der Waals surface area contributed by atoms with E-state index in [9.17, 15) is 9.59 Å². The maximum atomic E-state index is 13.0. The van der Waals surface area contributed by atoms with Gasteiger partial charge in [-0.15, -0.1) is 11.3 Å². The molecular formula is C20H32N4O2S. The van der Waals surface area contributed by atoms with E-state index < -0.39 is 0 Å². The largest absolute Gasteiger partial charge is 0.354 e. The smallest absolute Gasteiger partial charge is 0.265 e. The molecule has 0 spiro atoms. The summed E-state index contributed by atoms with van der Waals surface area (Å²) in [6, 6.07) is -0.0365. The Hall–Kier alpha value is -1.47. The molecule has 0 aromatic carbocycles. The third-order valence-corrected chi connectivity index (χ3v) is 6.53. The van der Waals surface area contributed by atoms with Crippen molar-refractivity contribution in [3.05, 3.63) is 15.6 Å². The van der Waals surface area contributed by atoms with Crippen molar-refractivity contribution in [1.82, 2.24) is 20.5 Å². The fourth-order valence-corrected chi connectivity index (χ4v) is 5.17. The van der Waals surface area contributed by atoms with Gasteiger partial charge in [-0.1, -0.05) is 13.8 Å². The summed E-state index contributed by atoms with van der Waals surface area (Å²) in [6.07, 6.45) is 4.96.